The van der Waals surface area contributed by atoms with E-state index in [1.165, 1.54) is 43.7 Å². The van der Waals surface area contributed by atoms with Crippen LogP contribution >= 0.6 is 0 Å². The van der Waals surface area contributed by atoms with Crippen LogP contribution in [0, 0.1) is 5.92 Å². The lowest BCUT2D eigenvalue weighted by Gasteiger charge is -2.45. The van der Waals surface area contributed by atoms with Gasteiger partial charge in [-0.25, -0.2) is 0 Å². The number of hydrogen-bond donors (Lipinski definition) is 2. The molecule has 3 fully saturated rings. The van der Waals surface area contributed by atoms with Crippen LogP contribution in [0.2, 0.25) is 0 Å². The van der Waals surface area contributed by atoms with Crippen molar-refractivity contribution in [3.05, 3.63) is 36.5 Å². The third kappa shape index (κ3) is 2.20. The Morgan fingerprint density at radius 3 is 2.50 bits per heavy atom. The van der Waals surface area contributed by atoms with Crippen LogP contribution in [0.15, 0.2) is 36.5 Å². The van der Waals surface area contributed by atoms with E-state index in [1.807, 2.05) is 6.07 Å². The number of nitrogens with one attached hydrogen (secondary N) is 2. The van der Waals surface area contributed by atoms with E-state index in [2.05, 4.69) is 44.7 Å². The molecule has 2 bridgehead atoms. The van der Waals surface area contributed by atoms with Gasteiger partial charge in [0.15, 0.2) is 0 Å². The van der Waals surface area contributed by atoms with E-state index in [9.17, 15) is 0 Å². The number of piperidine rings is 3. The molecule has 3 aliphatic rings. The zero-order valence-electron chi connectivity index (χ0n) is 11.5. The first-order valence-corrected chi connectivity index (χ1v) is 7.47. The van der Waals surface area contributed by atoms with Gasteiger partial charge in [0.2, 0.25) is 0 Å². The normalized spacial score (nSPS) is 28.5. The molecule has 2 aromatic rings. The van der Waals surface area contributed by atoms with E-state index in [0.29, 0.717) is 6.04 Å². The number of aromatic amines is 1. The molecular weight excluding hydrogens is 248 g/mol. The highest BCUT2D eigenvalue weighted by atomic mass is 15.2. The molecule has 4 heteroatoms. The predicted octanol–water partition coefficient (Wildman–Crippen LogP) is 2.58. The minimum Gasteiger partial charge on any atom is -0.381 e. The fourth-order valence-electron chi connectivity index (χ4n) is 3.51. The number of fused-ring (bicyclic) bond motifs is 3. The van der Waals surface area contributed by atoms with E-state index >= 15 is 0 Å². The van der Waals surface area contributed by atoms with Crippen molar-refractivity contribution in [2.24, 2.45) is 5.92 Å². The average molecular weight is 268 g/mol. The first kappa shape index (κ1) is 12.0. The molecule has 3 aliphatic heterocycles. The number of aromatic nitrogens is 2. The van der Waals surface area contributed by atoms with Crippen molar-refractivity contribution in [1.29, 1.82) is 0 Å². The van der Waals surface area contributed by atoms with Crippen LogP contribution in [0.4, 0.5) is 5.69 Å². The van der Waals surface area contributed by atoms with Crippen LogP contribution in [0.3, 0.4) is 0 Å². The second-order valence-electron chi connectivity index (χ2n) is 5.94. The molecule has 4 nitrogen and oxygen atoms in total. The summed E-state index contributed by atoms with van der Waals surface area (Å²) in [4.78, 5) is 2.58. The fraction of sp³-hybridized carbons (Fsp3) is 0.438. The zero-order valence-corrected chi connectivity index (χ0v) is 11.5. The Labute approximate surface area is 119 Å². The smallest absolute Gasteiger partial charge is 0.0650 e. The number of H-pyrrole nitrogens is 1. The maximum Gasteiger partial charge on any atom is 0.0650 e. The third-order valence-electron chi connectivity index (χ3n) is 4.70. The summed E-state index contributed by atoms with van der Waals surface area (Å²) in [6.07, 6.45) is 4.49. The van der Waals surface area contributed by atoms with Crippen LogP contribution in [0.25, 0.3) is 11.3 Å². The van der Waals surface area contributed by atoms with E-state index < -0.39 is 0 Å². The maximum absolute atomic E-state index is 3.99. The summed E-state index contributed by atoms with van der Waals surface area (Å²) < 4.78 is 0. The number of hydrogen-bond acceptors (Lipinski definition) is 3. The number of benzene rings is 1. The van der Waals surface area contributed by atoms with Crippen molar-refractivity contribution in [2.75, 3.05) is 25.0 Å². The highest BCUT2D eigenvalue weighted by Crippen LogP contribution is 2.30. The summed E-state index contributed by atoms with van der Waals surface area (Å²) in [5, 5.41) is 10.7. The number of rotatable bonds is 3. The molecule has 0 spiro atoms. The van der Waals surface area contributed by atoms with Crippen molar-refractivity contribution < 1.29 is 0 Å². The predicted molar refractivity (Wildman–Crippen MR) is 80.6 cm³/mol. The van der Waals surface area contributed by atoms with Gasteiger partial charge in [-0.3, -0.25) is 5.10 Å². The van der Waals surface area contributed by atoms with Gasteiger partial charge in [-0.1, -0.05) is 12.1 Å². The SMILES string of the molecule is c1cc(-c2ccc(NC3CN4CCC3CC4)cc2)[nH]n1. The number of anilines is 1. The summed E-state index contributed by atoms with van der Waals surface area (Å²) in [5.41, 5.74) is 3.48. The fourth-order valence-corrected chi connectivity index (χ4v) is 3.51. The molecule has 1 atom stereocenters. The lowest BCUT2D eigenvalue weighted by Crippen LogP contribution is -2.53. The highest BCUT2D eigenvalue weighted by molar-refractivity contribution is 5.62. The molecule has 1 unspecified atom stereocenters. The molecular formula is C16H20N4. The topological polar surface area (TPSA) is 44.0 Å². The monoisotopic (exact) mass is 268 g/mol. The molecule has 0 amide bonds. The Bertz CT molecular complexity index is 553. The molecule has 3 saturated heterocycles. The molecule has 20 heavy (non-hydrogen) atoms. The summed E-state index contributed by atoms with van der Waals surface area (Å²) >= 11 is 0. The van der Waals surface area contributed by atoms with Crippen LogP contribution in [0.1, 0.15) is 12.8 Å². The lowest BCUT2D eigenvalue weighted by atomic mass is 9.84. The van der Waals surface area contributed by atoms with E-state index in [4.69, 9.17) is 0 Å². The van der Waals surface area contributed by atoms with Gasteiger partial charge in [-0.15, -0.1) is 0 Å². The Morgan fingerprint density at radius 1 is 1.10 bits per heavy atom. The van der Waals surface area contributed by atoms with Gasteiger partial charge in [0.25, 0.3) is 0 Å². The van der Waals surface area contributed by atoms with E-state index in [-0.39, 0.29) is 0 Å². The minimum atomic E-state index is 0.621. The molecule has 104 valence electrons. The molecule has 1 aromatic carbocycles. The van der Waals surface area contributed by atoms with Crippen molar-refractivity contribution >= 4 is 5.69 Å². The Kier molecular flexibility index (Phi) is 2.96. The summed E-state index contributed by atoms with van der Waals surface area (Å²) in [6.45, 7) is 3.79. The molecule has 0 saturated carbocycles. The van der Waals surface area contributed by atoms with Crippen molar-refractivity contribution in [3.63, 3.8) is 0 Å². The summed E-state index contributed by atoms with van der Waals surface area (Å²) in [7, 11) is 0. The summed E-state index contributed by atoms with van der Waals surface area (Å²) in [6, 6.07) is 11.3. The molecule has 0 aliphatic carbocycles. The third-order valence-corrected chi connectivity index (χ3v) is 4.70. The van der Waals surface area contributed by atoms with Gasteiger partial charge in [0.1, 0.15) is 0 Å². The average Bonchev–Trinajstić information content (AvgIpc) is 3.04. The van der Waals surface area contributed by atoms with Crippen molar-refractivity contribution in [2.45, 2.75) is 18.9 Å². The van der Waals surface area contributed by atoms with Gasteiger partial charge < -0.3 is 10.2 Å². The lowest BCUT2D eigenvalue weighted by molar-refractivity contribution is 0.0975. The molecule has 5 rings (SSSR count). The van der Waals surface area contributed by atoms with Crippen LogP contribution in [-0.4, -0.2) is 40.8 Å². The Balaban J connectivity index is 1.47. The summed E-state index contributed by atoms with van der Waals surface area (Å²) in [5.74, 6) is 0.854. The zero-order chi connectivity index (χ0) is 13.4. The Hall–Kier alpha value is -1.81. The van der Waals surface area contributed by atoms with Crippen LogP contribution < -0.4 is 5.32 Å². The van der Waals surface area contributed by atoms with Crippen LogP contribution in [0.5, 0.6) is 0 Å². The molecule has 2 N–H and O–H groups in total. The Morgan fingerprint density at radius 2 is 1.90 bits per heavy atom. The molecule has 4 heterocycles. The maximum atomic E-state index is 3.99. The standard InChI is InChI=1S/C16H20N4/c1-3-14(4-2-12(1)15-5-8-17-19-15)18-16-11-20-9-6-13(16)7-10-20/h1-5,8,13,16,18H,6-7,9-11H2,(H,17,19). The van der Waals surface area contributed by atoms with Gasteiger partial charge in [-0.05, 0) is 55.6 Å². The van der Waals surface area contributed by atoms with Gasteiger partial charge in [-0.2, -0.15) is 5.10 Å². The second-order valence-corrected chi connectivity index (χ2v) is 5.94. The van der Waals surface area contributed by atoms with Crippen molar-refractivity contribution in [3.8, 4) is 11.3 Å². The van der Waals surface area contributed by atoms with Gasteiger partial charge in [0, 0.05) is 24.5 Å². The van der Waals surface area contributed by atoms with Gasteiger partial charge >= 0.3 is 0 Å². The first-order chi connectivity index (χ1) is 9.88. The quantitative estimate of drug-likeness (QED) is 0.899. The number of nitrogens with zero attached hydrogens (tertiary/aromatic N) is 2. The van der Waals surface area contributed by atoms with E-state index in [1.54, 1.807) is 6.20 Å². The molecule has 0 radical (unpaired) electrons. The molecule has 1 aromatic heterocycles. The van der Waals surface area contributed by atoms with E-state index in [0.717, 1.165) is 11.6 Å². The largest absolute Gasteiger partial charge is 0.381 e. The minimum absolute atomic E-state index is 0.621. The first-order valence-electron chi connectivity index (χ1n) is 7.47. The van der Waals surface area contributed by atoms with Crippen molar-refractivity contribution in [1.82, 2.24) is 15.1 Å². The van der Waals surface area contributed by atoms with Gasteiger partial charge in [0.05, 0.1) is 5.69 Å². The van der Waals surface area contributed by atoms with Crippen LogP contribution in [-0.2, 0) is 0 Å². The highest BCUT2D eigenvalue weighted by Gasteiger charge is 2.33. The second kappa shape index (κ2) is 4.94.